The number of para-hydroxylation sites is 5. The summed E-state index contributed by atoms with van der Waals surface area (Å²) in [6.07, 6.45) is 0. The summed E-state index contributed by atoms with van der Waals surface area (Å²) in [6, 6.07) is 118. The number of furan rings is 2. The van der Waals surface area contributed by atoms with Crippen LogP contribution in [0.2, 0.25) is 0 Å². The van der Waals surface area contributed by atoms with E-state index in [4.69, 9.17) is 8.83 Å². The molecule has 0 spiro atoms. The average molecular weight is 1340 g/mol. The number of aromatic nitrogens is 1. The summed E-state index contributed by atoms with van der Waals surface area (Å²) >= 11 is 0. The Bertz CT molecular complexity index is 6700. The third kappa shape index (κ3) is 9.04. The first-order valence-corrected chi connectivity index (χ1v) is 36.2. The van der Waals surface area contributed by atoms with Crippen LogP contribution >= 0.6 is 0 Å². The fourth-order valence-corrected chi connectivity index (χ4v) is 17.5. The van der Waals surface area contributed by atoms with Crippen molar-refractivity contribution in [3.05, 3.63) is 327 Å². The highest BCUT2D eigenvalue weighted by Crippen LogP contribution is 2.54. The summed E-state index contributed by atoms with van der Waals surface area (Å²) in [5.41, 5.74) is 25.5. The molecule has 0 fully saturated rings. The van der Waals surface area contributed by atoms with Gasteiger partial charge in [0.25, 0.3) is 6.71 Å². The Morgan fingerprint density at radius 2 is 0.798 bits per heavy atom. The standard InChI is InChI=1S/C96H70BN5O2/c1-95(2,3)62-36-40-66(41-37-62)101-83-56-70(99(69-46-53-89-77(55-69)73-27-15-18-31-87(73)104-89)81-50-35-61-33-32-59-20-19-21-60-34-47-75(81)91(61)90(59)60)44-48-78(83)97-79-49-51-82-92(74-28-13-16-29-80(74)100(82)65-24-11-8-12-25-65)94(79)102(67-42-38-63(39-43-67)96(4,5)6)85-58-71(57-84(101)93(85)97)98(64-22-9-7-10-23-64)68-45-52-88-76(54-68)72-26-14-17-30-86(72)103-88/h7-58H,1-6H3. The summed E-state index contributed by atoms with van der Waals surface area (Å²) in [5, 5.41) is 14.0. The summed E-state index contributed by atoms with van der Waals surface area (Å²) in [4.78, 5) is 10.2. The zero-order valence-electron chi connectivity index (χ0n) is 58.7. The van der Waals surface area contributed by atoms with E-state index in [0.29, 0.717) is 0 Å². The summed E-state index contributed by atoms with van der Waals surface area (Å²) in [5.74, 6) is 0. The lowest BCUT2D eigenvalue weighted by Crippen LogP contribution is -2.61. The minimum absolute atomic E-state index is 0.0853. The van der Waals surface area contributed by atoms with E-state index in [1.807, 2.05) is 0 Å². The van der Waals surface area contributed by atoms with Crippen molar-refractivity contribution in [1.29, 1.82) is 0 Å². The van der Waals surface area contributed by atoms with Gasteiger partial charge in [0, 0.05) is 94.6 Å². The molecule has 16 aromatic carbocycles. The quantitative estimate of drug-likeness (QED) is 0.106. The van der Waals surface area contributed by atoms with Crippen LogP contribution in [-0.4, -0.2) is 11.3 Å². The van der Waals surface area contributed by atoms with Crippen LogP contribution in [0.25, 0.3) is 104 Å². The normalized spacial score (nSPS) is 13.0. The van der Waals surface area contributed by atoms with E-state index < -0.39 is 0 Å². The highest BCUT2D eigenvalue weighted by atomic mass is 16.3. The number of fused-ring (bicyclic) bond motifs is 14. The van der Waals surface area contributed by atoms with Crippen molar-refractivity contribution >= 4 is 189 Å². The van der Waals surface area contributed by atoms with Crippen LogP contribution in [0.4, 0.5) is 68.2 Å². The lowest BCUT2D eigenvalue weighted by Gasteiger charge is -2.45. The molecular formula is C96H70BN5O2. The van der Waals surface area contributed by atoms with Gasteiger partial charge in [-0.1, -0.05) is 217 Å². The van der Waals surface area contributed by atoms with Gasteiger partial charge in [-0.05, 0) is 205 Å². The number of rotatable bonds is 9. The van der Waals surface area contributed by atoms with E-state index in [-0.39, 0.29) is 17.5 Å². The van der Waals surface area contributed by atoms with Crippen LogP contribution in [0.15, 0.2) is 324 Å². The van der Waals surface area contributed by atoms with Crippen molar-refractivity contribution in [1.82, 2.24) is 4.57 Å². The predicted molar refractivity (Wildman–Crippen MR) is 440 cm³/mol. The Morgan fingerprint density at radius 1 is 0.298 bits per heavy atom. The van der Waals surface area contributed by atoms with Gasteiger partial charge >= 0.3 is 0 Å². The molecule has 0 radical (unpaired) electrons. The van der Waals surface area contributed by atoms with Crippen LogP contribution < -0.4 is 36.0 Å². The maximum atomic E-state index is 6.62. The van der Waals surface area contributed by atoms with Gasteiger partial charge in [0.2, 0.25) is 0 Å². The fraction of sp³-hybridized carbons (Fsp3) is 0.0833. The molecule has 0 unspecified atom stereocenters. The minimum Gasteiger partial charge on any atom is -0.456 e. The van der Waals surface area contributed by atoms with E-state index >= 15 is 0 Å². The van der Waals surface area contributed by atoms with Crippen LogP contribution in [0.1, 0.15) is 52.7 Å². The molecule has 19 aromatic rings. The zero-order chi connectivity index (χ0) is 69.4. The van der Waals surface area contributed by atoms with E-state index in [2.05, 4.69) is 381 Å². The Hall–Kier alpha value is -12.8. The van der Waals surface area contributed by atoms with Gasteiger partial charge in [-0.3, -0.25) is 0 Å². The minimum atomic E-state index is -0.262. The number of nitrogens with zero attached hydrogens (tertiary/aromatic N) is 5. The van der Waals surface area contributed by atoms with E-state index in [1.165, 1.54) is 70.6 Å². The molecule has 0 N–H and O–H groups in total. The Morgan fingerprint density at radius 3 is 1.44 bits per heavy atom. The number of hydrogen-bond acceptors (Lipinski definition) is 6. The fourth-order valence-electron chi connectivity index (χ4n) is 17.5. The SMILES string of the molecule is CC(C)(C)c1ccc(N2c3cc(N(c4ccc5oc6ccccc6c5c4)c4ccc5ccc6cccc7ccc4c5c67)ccc3B3c4ccc5c(c4N(c4ccc(C(C)(C)C)cc4)c4cc(N(c6ccccc6)c6ccc7oc8ccccc8c7c6)cc2c43)c2ccccc2n5-c2ccccc2)cc1. The molecule has 0 bridgehead atoms. The summed E-state index contributed by atoms with van der Waals surface area (Å²) < 4.78 is 15.7. The van der Waals surface area contributed by atoms with Gasteiger partial charge < -0.3 is 33.0 Å². The van der Waals surface area contributed by atoms with Crippen molar-refractivity contribution in [2.45, 2.75) is 52.4 Å². The summed E-state index contributed by atoms with van der Waals surface area (Å²) in [7, 11) is 0. The first-order valence-electron chi connectivity index (χ1n) is 36.2. The smallest absolute Gasteiger partial charge is 0.252 e. The molecule has 21 rings (SSSR count). The van der Waals surface area contributed by atoms with Crippen LogP contribution in [-0.2, 0) is 10.8 Å². The number of benzene rings is 16. The van der Waals surface area contributed by atoms with E-state index in [0.717, 1.165) is 129 Å². The maximum absolute atomic E-state index is 6.62. The molecule has 8 heteroatoms. The second-order valence-electron chi connectivity index (χ2n) is 30.4. The molecule has 0 saturated carbocycles. The molecule has 3 aromatic heterocycles. The summed E-state index contributed by atoms with van der Waals surface area (Å²) in [6.45, 7) is 13.6. The molecular weight excluding hydrogens is 1270 g/mol. The third-order valence-corrected chi connectivity index (χ3v) is 22.3. The molecule has 0 saturated heterocycles. The van der Waals surface area contributed by atoms with Crippen LogP contribution in [0.5, 0.6) is 0 Å². The van der Waals surface area contributed by atoms with Gasteiger partial charge in [-0.2, -0.15) is 0 Å². The second kappa shape index (κ2) is 22.4. The molecule has 494 valence electrons. The molecule has 2 aliphatic heterocycles. The topological polar surface area (TPSA) is 44.2 Å². The van der Waals surface area contributed by atoms with Crippen LogP contribution in [0, 0.1) is 0 Å². The highest BCUT2D eigenvalue weighted by molar-refractivity contribution is 7.00. The maximum Gasteiger partial charge on any atom is 0.252 e. The van der Waals surface area contributed by atoms with Gasteiger partial charge in [0.05, 0.1) is 28.1 Å². The first-order chi connectivity index (χ1) is 50.8. The van der Waals surface area contributed by atoms with Crippen molar-refractivity contribution in [2.24, 2.45) is 0 Å². The van der Waals surface area contributed by atoms with Gasteiger partial charge in [-0.15, -0.1) is 0 Å². The molecule has 7 nitrogen and oxygen atoms in total. The Kier molecular flexibility index (Phi) is 12.9. The number of anilines is 12. The van der Waals surface area contributed by atoms with Crippen molar-refractivity contribution < 1.29 is 8.83 Å². The number of hydrogen-bond donors (Lipinski definition) is 0. The van der Waals surface area contributed by atoms with Crippen LogP contribution in [0.3, 0.4) is 0 Å². The van der Waals surface area contributed by atoms with Gasteiger partial charge in [0.15, 0.2) is 0 Å². The largest absolute Gasteiger partial charge is 0.456 e. The second-order valence-corrected chi connectivity index (χ2v) is 30.4. The molecule has 0 aliphatic carbocycles. The van der Waals surface area contributed by atoms with Crippen molar-refractivity contribution in [3.8, 4) is 5.69 Å². The monoisotopic (exact) mass is 1340 g/mol. The molecule has 0 atom stereocenters. The molecule has 5 heterocycles. The molecule has 104 heavy (non-hydrogen) atoms. The lowest BCUT2D eigenvalue weighted by molar-refractivity contribution is 0.590. The van der Waals surface area contributed by atoms with Crippen molar-refractivity contribution in [3.63, 3.8) is 0 Å². The van der Waals surface area contributed by atoms with E-state index in [9.17, 15) is 0 Å². The highest BCUT2D eigenvalue weighted by Gasteiger charge is 2.46. The first kappa shape index (κ1) is 60.0. The predicted octanol–water partition coefficient (Wildman–Crippen LogP) is 25.1. The zero-order valence-corrected chi connectivity index (χ0v) is 58.7. The average Bonchev–Trinajstić information content (AvgIpc) is 0.951. The Labute approximate surface area is 603 Å². The van der Waals surface area contributed by atoms with Crippen molar-refractivity contribution in [2.75, 3.05) is 19.6 Å². The Balaban J connectivity index is 0.901. The van der Waals surface area contributed by atoms with E-state index in [1.54, 1.807) is 0 Å². The molecule has 0 amide bonds. The lowest BCUT2D eigenvalue weighted by atomic mass is 9.33. The third-order valence-electron chi connectivity index (χ3n) is 22.3. The molecule has 2 aliphatic rings. The van der Waals surface area contributed by atoms with Gasteiger partial charge in [-0.25, -0.2) is 0 Å². The van der Waals surface area contributed by atoms with Gasteiger partial charge in [0.1, 0.15) is 22.3 Å².